The highest BCUT2D eigenvalue weighted by Crippen LogP contribution is 2.27. The molecule has 1 amide bonds. The van der Waals surface area contributed by atoms with Crippen molar-refractivity contribution in [2.45, 2.75) is 23.8 Å². The van der Waals surface area contributed by atoms with Crippen LogP contribution in [0.2, 0.25) is 0 Å². The zero-order chi connectivity index (χ0) is 23.6. The molecule has 0 radical (unpaired) electrons. The van der Waals surface area contributed by atoms with E-state index in [9.17, 15) is 9.59 Å². The average molecular weight is 470 g/mol. The lowest BCUT2D eigenvalue weighted by Crippen LogP contribution is -2.28. The lowest BCUT2D eigenvalue weighted by Gasteiger charge is -2.10. The Kier molecular flexibility index (Phi) is 8.77. The Balaban J connectivity index is 1.53. The molecule has 8 nitrogen and oxygen atoms in total. The number of nitrogens with zero attached hydrogens (tertiary/aromatic N) is 1. The molecule has 0 aliphatic rings. The first-order valence-electron chi connectivity index (χ1n) is 10.3. The minimum Gasteiger partial charge on any atom is -0.497 e. The van der Waals surface area contributed by atoms with Gasteiger partial charge in [-0.1, -0.05) is 30.0 Å². The minimum absolute atomic E-state index is 0.0303. The van der Waals surface area contributed by atoms with E-state index in [1.165, 1.54) is 17.8 Å². The molecule has 174 valence electrons. The van der Waals surface area contributed by atoms with Crippen molar-refractivity contribution in [2.24, 2.45) is 0 Å². The summed E-state index contributed by atoms with van der Waals surface area (Å²) in [6, 6.07) is 14.7. The molecule has 1 aromatic heterocycles. The molecule has 0 saturated carbocycles. The summed E-state index contributed by atoms with van der Waals surface area (Å²) in [6.45, 7) is 0.453. The predicted octanol–water partition coefficient (Wildman–Crippen LogP) is 2.99. The highest BCUT2D eigenvalue weighted by Gasteiger charge is 2.09. The van der Waals surface area contributed by atoms with Gasteiger partial charge in [-0.15, -0.1) is 0 Å². The van der Waals surface area contributed by atoms with Crippen molar-refractivity contribution in [3.8, 4) is 17.2 Å². The van der Waals surface area contributed by atoms with Crippen molar-refractivity contribution in [1.82, 2.24) is 15.3 Å². The van der Waals surface area contributed by atoms with Crippen LogP contribution in [-0.4, -0.2) is 43.7 Å². The first kappa shape index (κ1) is 24.2. The number of nitrogens with one attached hydrogen (secondary N) is 2. The number of aromatic nitrogens is 2. The standard InChI is InChI=1S/C24H27N3O5S/c1-30-19-6-4-5-17(11-19)15-33-24-26-18(14-23(29)27-24)13-22(28)25-10-9-16-7-8-20(31-2)21(12-16)32-3/h4-8,11-12,14H,9-10,13,15H2,1-3H3,(H,25,28)(H,26,27,29). The third kappa shape index (κ3) is 7.28. The highest BCUT2D eigenvalue weighted by atomic mass is 32.2. The predicted molar refractivity (Wildman–Crippen MR) is 127 cm³/mol. The molecule has 0 unspecified atom stereocenters. The van der Waals surface area contributed by atoms with Gasteiger partial charge in [0, 0.05) is 18.4 Å². The molecular formula is C24H27N3O5S. The van der Waals surface area contributed by atoms with Gasteiger partial charge in [-0.3, -0.25) is 9.59 Å². The number of hydrogen-bond acceptors (Lipinski definition) is 7. The molecule has 0 fully saturated rings. The maximum Gasteiger partial charge on any atom is 0.251 e. The molecule has 0 aliphatic heterocycles. The summed E-state index contributed by atoms with van der Waals surface area (Å²) in [5.41, 5.74) is 2.19. The molecule has 33 heavy (non-hydrogen) atoms. The van der Waals surface area contributed by atoms with Gasteiger partial charge in [0.2, 0.25) is 5.91 Å². The molecule has 1 heterocycles. The van der Waals surface area contributed by atoms with Gasteiger partial charge in [0.05, 0.1) is 33.4 Å². The van der Waals surface area contributed by atoms with E-state index in [-0.39, 0.29) is 17.9 Å². The molecule has 0 bridgehead atoms. The third-order valence-corrected chi connectivity index (χ3v) is 5.75. The molecule has 3 rings (SSSR count). The average Bonchev–Trinajstić information content (AvgIpc) is 2.82. The Bertz CT molecular complexity index is 1150. The van der Waals surface area contributed by atoms with Crippen LogP contribution in [0.4, 0.5) is 0 Å². The smallest absolute Gasteiger partial charge is 0.251 e. The van der Waals surface area contributed by atoms with E-state index >= 15 is 0 Å². The van der Waals surface area contributed by atoms with Crippen LogP contribution in [0.1, 0.15) is 16.8 Å². The zero-order valence-electron chi connectivity index (χ0n) is 18.8. The van der Waals surface area contributed by atoms with E-state index in [2.05, 4.69) is 15.3 Å². The maximum absolute atomic E-state index is 12.4. The van der Waals surface area contributed by atoms with Gasteiger partial charge >= 0.3 is 0 Å². The van der Waals surface area contributed by atoms with Gasteiger partial charge in [-0.05, 0) is 41.8 Å². The topological polar surface area (TPSA) is 103 Å². The second kappa shape index (κ2) is 12.0. The van der Waals surface area contributed by atoms with E-state index in [1.807, 2.05) is 42.5 Å². The Labute approximate surface area is 196 Å². The number of ether oxygens (including phenoxy) is 3. The first-order valence-corrected chi connectivity index (χ1v) is 11.3. The molecule has 2 N–H and O–H groups in total. The van der Waals surface area contributed by atoms with Crippen LogP contribution in [-0.2, 0) is 23.4 Å². The van der Waals surface area contributed by atoms with Crippen LogP contribution >= 0.6 is 11.8 Å². The quantitative estimate of drug-likeness (QED) is 0.329. The Hall–Kier alpha value is -3.46. The lowest BCUT2D eigenvalue weighted by molar-refractivity contribution is -0.120. The molecule has 0 aliphatic carbocycles. The zero-order valence-corrected chi connectivity index (χ0v) is 19.7. The second-order valence-corrected chi connectivity index (χ2v) is 8.11. The summed E-state index contributed by atoms with van der Waals surface area (Å²) >= 11 is 1.39. The van der Waals surface area contributed by atoms with Crippen LogP contribution in [0.15, 0.2) is 58.5 Å². The largest absolute Gasteiger partial charge is 0.497 e. The molecule has 0 saturated heterocycles. The van der Waals surface area contributed by atoms with Gasteiger partial charge in [-0.2, -0.15) is 0 Å². The second-order valence-electron chi connectivity index (χ2n) is 7.15. The number of aromatic amines is 1. The van der Waals surface area contributed by atoms with Gasteiger partial charge in [-0.25, -0.2) is 4.98 Å². The minimum atomic E-state index is -0.286. The number of methoxy groups -OCH3 is 3. The van der Waals surface area contributed by atoms with Gasteiger partial charge < -0.3 is 24.5 Å². The third-order valence-electron chi connectivity index (χ3n) is 4.81. The van der Waals surface area contributed by atoms with Crippen molar-refractivity contribution in [2.75, 3.05) is 27.9 Å². The Morgan fingerprint density at radius 1 is 1.00 bits per heavy atom. The van der Waals surface area contributed by atoms with Gasteiger partial charge in [0.25, 0.3) is 5.56 Å². The molecule has 9 heteroatoms. The number of rotatable bonds is 11. The van der Waals surface area contributed by atoms with Crippen molar-refractivity contribution < 1.29 is 19.0 Å². The summed E-state index contributed by atoms with van der Waals surface area (Å²) < 4.78 is 15.8. The number of amides is 1. The van der Waals surface area contributed by atoms with Gasteiger partial charge in [0.1, 0.15) is 5.75 Å². The number of carbonyl (C=O) groups excluding carboxylic acids is 1. The molecule has 3 aromatic rings. The molecule has 0 atom stereocenters. The summed E-state index contributed by atoms with van der Waals surface area (Å²) in [5.74, 6) is 2.49. The Morgan fingerprint density at radius 3 is 2.58 bits per heavy atom. The lowest BCUT2D eigenvalue weighted by atomic mass is 10.1. The van der Waals surface area contributed by atoms with Crippen LogP contribution in [0.5, 0.6) is 17.2 Å². The van der Waals surface area contributed by atoms with Crippen LogP contribution < -0.4 is 25.1 Å². The summed E-state index contributed by atoms with van der Waals surface area (Å²) in [5, 5.41) is 3.34. The number of thioether (sulfide) groups is 1. The number of carbonyl (C=O) groups is 1. The molecule has 2 aromatic carbocycles. The number of hydrogen-bond donors (Lipinski definition) is 2. The van der Waals surface area contributed by atoms with E-state index in [0.717, 1.165) is 16.9 Å². The van der Waals surface area contributed by atoms with Crippen LogP contribution in [0.25, 0.3) is 0 Å². The maximum atomic E-state index is 12.4. The summed E-state index contributed by atoms with van der Waals surface area (Å²) in [7, 11) is 4.79. The molecular weight excluding hydrogens is 442 g/mol. The van der Waals surface area contributed by atoms with E-state index < -0.39 is 0 Å². The number of H-pyrrole nitrogens is 1. The van der Waals surface area contributed by atoms with E-state index in [4.69, 9.17) is 14.2 Å². The first-order chi connectivity index (χ1) is 16.0. The normalized spacial score (nSPS) is 10.5. The van der Waals surface area contributed by atoms with Crippen molar-refractivity contribution in [1.29, 1.82) is 0 Å². The van der Waals surface area contributed by atoms with E-state index in [1.54, 1.807) is 21.3 Å². The SMILES string of the molecule is COc1cccc(CSc2nc(CC(=O)NCCc3ccc(OC)c(OC)c3)cc(=O)[nH]2)c1. The Morgan fingerprint density at radius 2 is 1.82 bits per heavy atom. The fourth-order valence-electron chi connectivity index (χ4n) is 3.17. The fourth-order valence-corrected chi connectivity index (χ4v) is 4.00. The summed E-state index contributed by atoms with van der Waals surface area (Å²) in [6.07, 6.45) is 0.666. The van der Waals surface area contributed by atoms with E-state index in [0.29, 0.717) is 41.1 Å². The molecule has 0 spiro atoms. The number of benzene rings is 2. The highest BCUT2D eigenvalue weighted by molar-refractivity contribution is 7.98. The fraction of sp³-hybridized carbons (Fsp3) is 0.292. The van der Waals surface area contributed by atoms with Crippen molar-refractivity contribution >= 4 is 17.7 Å². The van der Waals surface area contributed by atoms with Crippen molar-refractivity contribution in [3.05, 3.63) is 75.7 Å². The van der Waals surface area contributed by atoms with Crippen LogP contribution in [0.3, 0.4) is 0 Å². The van der Waals surface area contributed by atoms with Crippen molar-refractivity contribution in [3.63, 3.8) is 0 Å². The summed E-state index contributed by atoms with van der Waals surface area (Å²) in [4.78, 5) is 31.5. The van der Waals surface area contributed by atoms with Crippen LogP contribution in [0, 0.1) is 0 Å². The monoisotopic (exact) mass is 469 g/mol. The van der Waals surface area contributed by atoms with Gasteiger partial charge in [0.15, 0.2) is 16.7 Å².